The first kappa shape index (κ1) is 58.5. The summed E-state index contributed by atoms with van der Waals surface area (Å²) < 4.78 is 125. The van der Waals surface area contributed by atoms with Crippen LogP contribution in [0.2, 0.25) is 0 Å². The van der Waals surface area contributed by atoms with Crippen molar-refractivity contribution in [2.24, 2.45) is 23.7 Å². The summed E-state index contributed by atoms with van der Waals surface area (Å²) in [4.78, 5) is 95.0. The summed E-state index contributed by atoms with van der Waals surface area (Å²) in [5, 5.41) is 32.9. The molecule has 16 atom stereocenters. The number of nitrogen functional groups attached to an aromatic ring is 2. The molecule has 0 amide bonds. The summed E-state index contributed by atoms with van der Waals surface area (Å²) in [5.74, 6) is -1.75. The van der Waals surface area contributed by atoms with Crippen molar-refractivity contribution in [2.45, 2.75) is 87.3 Å². The molecule has 0 bridgehead atoms. The molecule has 14 N–H and O–H groups in total. The van der Waals surface area contributed by atoms with Crippen LogP contribution in [0.4, 0.5) is 22.1 Å². The van der Waals surface area contributed by atoms with Crippen molar-refractivity contribution >= 4 is 83.2 Å². The number of aliphatic hydroxyl groups excluding tert-OH is 3. The molecule has 0 spiro atoms. The highest BCUT2D eigenvalue weighted by atomic mass is 31.3. The van der Waals surface area contributed by atoms with Gasteiger partial charge in [-0.3, -0.25) is 46.9 Å². The molecule has 37 nitrogen and oxygen atoms in total. The third kappa shape index (κ3) is 12.0. The van der Waals surface area contributed by atoms with Crippen LogP contribution in [0.3, 0.4) is 0 Å². The second-order valence-corrected chi connectivity index (χ2v) is 23.9. The molecule has 0 aromatic carbocycles. The fourth-order valence-corrected chi connectivity index (χ4v) is 13.6. The van der Waals surface area contributed by atoms with Crippen LogP contribution in [0.25, 0.3) is 28.0 Å². The van der Waals surface area contributed by atoms with Gasteiger partial charge >= 0.3 is 29.1 Å². The van der Waals surface area contributed by atoms with E-state index in [1.165, 1.54) is 35.8 Å². The van der Waals surface area contributed by atoms with E-state index in [1.807, 2.05) is 6.92 Å². The molecule has 5 aromatic rings. The van der Waals surface area contributed by atoms with Gasteiger partial charge in [-0.2, -0.15) is 13.6 Å². The zero-order chi connectivity index (χ0) is 57.3. The first-order valence-electron chi connectivity index (χ1n) is 23.1. The highest BCUT2D eigenvalue weighted by Crippen LogP contribution is 2.68. The predicted molar refractivity (Wildman–Crippen MR) is 257 cm³/mol. The lowest BCUT2D eigenvalue weighted by Crippen LogP contribution is -2.45. The Hall–Kier alpha value is -5.11. The number of rotatable bonds is 21. The monoisotopic (exact) mass is 1200 g/mol. The van der Waals surface area contributed by atoms with Crippen molar-refractivity contribution in [3.8, 4) is 0 Å². The van der Waals surface area contributed by atoms with Crippen LogP contribution in [0.15, 0.2) is 39.1 Å². The number of aliphatic imine (C=N–C) groups is 1. The van der Waals surface area contributed by atoms with Gasteiger partial charge in [0, 0.05) is 25.7 Å². The van der Waals surface area contributed by atoms with Gasteiger partial charge in [-0.05, 0) is 12.0 Å². The van der Waals surface area contributed by atoms with Gasteiger partial charge in [0.1, 0.15) is 42.3 Å². The number of nitrogens with one attached hydrogen (secondary N) is 2. The number of H-pyrrole nitrogens is 2. The Morgan fingerprint density at radius 1 is 0.823 bits per heavy atom. The number of aryl methyl sites for hydroxylation is 1. The highest BCUT2D eigenvalue weighted by molar-refractivity contribution is 7.66. The fourth-order valence-electron chi connectivity index (χ4n) is 9.16. The number of phosphoric acid groups is 4. The molecule has 0 radical (unpaired) electrons. The van der Waals surface area contributed by atoms with E-state index in [0.717, 1.165) is 21.8 Å². The average Bonchev–Trinajstić information content (AvgIpc) is 4.42. The van der Waals surface area contributed by atoms with Gasteiger partial charge in [-0.15, -0.1) is 0 Å². The lowest BCUT2D eigenvalue weighted by atomic mass is 9.99. The predicted octanol–water partition coefficient (Wildman–Crippen LogP) is -2.46. The Balaban J connectivity index is 0.875. The van der Waals surface area contributed by atoms with E-state index < -0.39 is 136 Å². The lowest BCUT2D eigenvalue weighted by Gasteiger charge is -2.30. The minimum Gasteiger partial charge on any atom is -0.756 e. The molecule has 0 saturated carbocycles. The van der Waals surface area contributed by atoms with Crippen LogP contribution in [0.5, 0.6) is 0 Å². The Morgan fingerprint density at radius 3 is 2.14 bits per heavy atom. The van der Waals surface area contributed by atoms with Crippen LogP contribution in [0.1, 0.15) is 44.1 Å². The second-order valence-electron chi connectivity index (χ2n) is 17.9. The summed E-state index contributed by atoms with van der Waals surface area (Å²) >= 11 is 0. The SMILES string of the molecule is CCC1=C(N)c2ncn([C@@H]3OC(COP(=O)(O)OP(=O)(O)OP(=O)(O)OC[C@H]4O[C@@H]([n+]5cn(C)c6c(=O)[nH]c(N)nc65)[C@H](O)[C@@H]4COC)[C@@H](OP(=O)([O-])OC[C@H]4O[C@@H](n5cnc6c(=O)[nH]c(N)nc65)[C@H](O)[C@@H]4O)[C@H]3F)c2N=CC1. The number of phosphoric ester groups is 3. The number of nitrogens with two attached hydrogens (primary N) is 3. The van der Waals surface area contributed by atoms with Crippen molar-refractivity contribution in [3.05, 3.63) is 51.0 Å². The average molecular weight is 1200 g/mol. The molecule has 3 saturated heterocycles. The zero-order valence-corrected chi connectivity index (χ0v) is 44.6. The van der Waals surface area contributed by atoms with E-state index >= 15 is 4.39 Å². The molecule has 79 heavy (non-hydrogen) atoms. The minimum absolute atomic E-state index is 0.0234. The topological polar surface area (TPSA) is 531 Å². The standard InChI is InChI=1S/C37H51FN14O23P4/c1-4-14-5-6-42-28-21(20(14)39)43-11-50(28)33-19(38)27(73-76(58,59)67-9-17-25(54)26(55)35(71-17)51-12-44-22-29(51)45-36(40)47-31(22)56)18(72-33)10-69-78(62,63)75-79(64,65)74-77(60,61)68-8-16-15(7-66-3)24(53)34(70-16)52-13-49(2)23-30(52)46-37(41)48-32(23)57/h6,11-13,15-19,24-27,33-35,53-55H,4-5,7-10,39H2,1-3H3,(H9-,40,41,45,46,47,48,56,57,58,59,60,61,62,63,64,65)/t15-,16-,17-,18?,19-,24-,25-,26-,27-,33-,34-,35-/m1/s1. The van der Waals surface area contributed by atoms with Gasteiger partial charge in [0.2, 0.25) is 17.7 Å². The maximum absolute atomic E-state index is 16.8. The molecule has 9 heterocycles. The quantitative estimate of drug-likeness (QED) is 0.0268. The number of ether oxygens (including phenoxy) is 4. The largest absolute Gasteiger partial charge is 0.756 e. The highest BCUT2D eigenvalue weighted by Gasteiger charge is 2.53. The van der Waals surface area contributed by atoms with E-state index in [4.69, 9.17) is 54.2 Å². The molecule has 42 heteroatoms. The number of imidazole rings is 3. The van der Waals surface area contributed by atoms with Gasteiger partial charge in [-0.25, -0.2) is 37.6 Å². The molecular formula is C37H51FN14O23P4. The van der Waals surface area contributed by atoms with E-state index in [2.05, 4.69) is 43.5 Å². The van der Waals surface area contributed by atoms with Gasteiger partial charge in [-0.1, -0.05) is 11.9 Å². The molecule has 434 valence electrons. The third-order valence-electron chi connectivity index (χ3n) is 12.8. The number of anilines is 2. The first-order valence-corrected chi connectivity index (χ1v) is 29.1. The molecule has 3 fully saturated rings. The van der Waals surface area contributed by atoms with Crippen molar-refractivity contribution in [1.29, 1.82) is 0 Å². The van der Waals surface area contributed by atoms with E-state index in [-0.39, 0.29) is 64.5 Å². The fraction of sp³-hybridized carbons (Fsp3) is 0.568. The number of aliphatic hydroxyl groups is 3. The molecular weight excluding hydrogens is 1150 g/mol. The van der Waals surface area contributed by atoms with Crippen LogP contribution >= 0.6 is 31.3 Å². The summed E-state index contributed by atoms with van der Waals surface area (Å²) in [6, 6.07) is 0. The number of hydrogen-bond donors (Lipinski definition) is 11. The molecule has 9 rings (SSSR count). The smallest absolute Gasteiger partial charge is 0.490 e. The van der Waals surface area contributed by atoms with E-state index in [1.54, 1.807) is 0 Å². The van der Waals surface area contributed by atoms with Gasteiger partial charge in [0.05, 0.1) is 57.9 Å². The van der Waals surface area contributed by atoms with Crippen LogP contribution in [0, 0.1) is 5.92 Å². The number of fused-ring (bicyclic) bond motifs is 3. The van der Waals surface area contributed by atoms with Crippen molar-refractivity contribution in [3.63, 3.8) is 0 Å². The lowest BCUT2D eigenvalue weighted by molar-refractivity contribution is -0.745. The molecule has 4 aliphatic rings. The van der Waals surface area contributed by atoms with Gasteiger partial charge in [0.15, 0.2) is 41.9 Å². The summed E-state index contributed by atoms with van der Waals surface area (Å²) in [7, 11) is -21.2. The third-order valence-corrected chi connectivity index (χ3v) is 18.0. The van der Waals surface area contributed by atoms with E-state index in [9.17, 15) is 62.7 Å². The van der Waals surface area contributed by atoms with Crippen LogP contribution in [-0.2, 0) is 71.0 Å². The molecule has 0 aliphatic carbocycles. The Morgan fingerprint density at radius 2 is 1.46 bits per heavy atom. The molecule has 5 unspecified atom stereocenters. The number of allylic oxidation sites excluding steroid dienone is 1. The maximum atomic E-state index is 16.8. The Labute approximate surface area is 440 Å². The zero-order valence-electron chi connectivity index (χ0n) is 41.0. The van der Waals surface area contributed by atoms with Gasteiger partial charge in [0.25, 0.3) is 24.9 Å². The minimum atomic E-state index is -6.24. The number of aromatic nitrogens is 10. The number of hydrogen-bond acceptors (Lipinski definition) is 28. The second kappa shape index (κ2) is 22.3. The number of halogens is 1. The summed E-state index contributed by atoms with van der Waals surface area (Å²) in [6.07, 6.45) is -14.6. The summed E-state index contributed by atoms with van der Waals surface area (Å²) in [5.41, 5.74) is 16.9. The van der Waals surface area contributed by atoms with Crippen LogP contribution in [-0.4, -0.2) is 162 Å². The first-order chi connectivity index (χ1) is 37.1. The number of methoxy groups -OCH3 is 1. The van der Waals surface area contributed by atoms with E-state index in [0.29, 0.717) is 12.0 Å². The van der Waals surface area contributed by atoms with Crippen molar-refractivity contribution in [2.75, 3.05) is 45.0 Å². The van der Waals surface area contributed by atoms with Crippen molar-refractivity contribution < 1.29 is 108 Å². The normalized spacial score (nSPS) is 30.4. The van der Waals surface area contributed by atoms with Gasteiger partial charge < -0.3 is 80.1 Å². The van der Waals surface area contributed by atoms with Crippen molar-refractivity contribution in [1.82, 2.24) is 43.6 Å². The summed E-state index contributed by atoms with van der Waals surface area (Å²) in [6.45, 7) is -1.99. The van der Waals surface area contributed by atoms with Crippen LogP contribution < -0.4 is 37.8 Å². The molecule has 5 aromatic heterocycles. The number of aromatic amines is 2. The number of alkyl halides is 1. The number of nitrogens with zero attached hydrogens (tertiary/aromatic N) is 9. The Kier molecular flexibility index (Phi) is 16.5. The molecule has 4 aliphatic heterocycles. The Bertz CT molecular complexity index is 3520. The maximum Gasteiger partial charge on any atom is 0.490 e.